The first-order valence-corrected chi connectivity index (χ1v) is 7.31. The Balaban J connectivity index is 1.67. The van der Waals surface area contributed by atoms with Gasteiger partial charge in [0.25, 0.3) is 0 Å². The summed E-state index contributed by atoms with van der Waals surface area (Å²) in [7, 11) is 0. The third kappa shape index (κ3) is 3.46. The lowest BCUT2D eigenvalue weighted by molar-refractivity contribution is 0.187. The Morgan fingerprint density at radius 3 is 2.31 bits per heavy atom. The molecule has 1 unspecified atom stereocenters. The minimum atomic E-state index is 0.804. The van der Waals surface area contributed by atoms with Crippen LogP contribution in [0.3, 0.4) is 0 Å². The molecule has 1 atom stereocenters. The van der Waals surface area contributed by atoms with Crippen molar-refractivity contribution in [1.29, 1.82) is 0 Å². The Hall–Kier alpha value is -0.0800. The van der Waals surface area contributed by atoms with Gasteiger partial charge in [0.15, 0.2) is 0 Å². The molecule has 2 fully saturated rings. The molecule has 1 aliphatic carbocycles. The van der Waals surface area contributed by atoms with Crippen LogP contribution < -0.4 is 5.32 Å². The van der Waals surface area contributed by atoms with Crippen molar-refractivity contribution in [3.05, 3.63) is 0 Å². The van der Waals surface area contributed by atoms with Gasteiger partial charge in [-0.2, -0.15) is 0 Å². The largest absolute Gasteiger partial charge is 0.311 e. The van der Waals surface area contributed by atoms with E-state index in [1.807, 2.05) is 0 Å². The van der Waals surface area contributed by atoms with Gasteiger partial charge in [-0.1, -0.05) is 13.8 Å². The smallest absolute Gasteiger partial charge is 0.00953 e. The van der Waals surface area contributed by atoms with Crippen LogP contribution in [0.5, 0.6) is 0 Å². The molecular weight excluding hydrogens is 196 g/mol. The zero-order chi connectivity index (χ0) is 11.4. The van der Waals surface area contributed by atoms with Gasteiger partial charge in [0.1, 0.15) is 0 Å². The fourth-order valence-electron chi connectivity index (χ4n) is 3.03. The highest BCUT2D eigenvalue weighted by Gasteiger charge is 2.31. The van der Waals surface area contributed by atoms with E-state index in [1.54, 1.807) is 0 Å². The van der Waals surface area contributed by atoms with Gasteiger partial charge < -0.3 is 10.2 Å². The second-order valence-corrected chi connectivity index (χ2v) is 5.63. The second kappa shape index (κ2) is 6.02. The molecule has 0 spiro atoms. The molecule has 0 amide bonds. The summed E-state index contributed by atoms with van der Waals surface area (Å²) in [6, 6.07) is 1.63. The molecular formula is C14H28N2. The Labute approximate surface area is 101 Å². The minimum absolute atomic E-state index is 0.804. The van der Waals surface area contributed by atoms with Crippen LogP contribution in [0.4, 0.5) is 0 Å². The van der Waals surface area contributed by atoms with Crippen LogP contribution in [0.2, 0.25) is 0 Å². The molecule has 0 radical (unpaired) electrons. The van der Waals surface area contributed by atoms with Gasteiger partial charge in [-0.3, -0.25) is 0 Å². The maximum Gasteiger partial charge on any atom is 0.00953 e. The number of likely N-dealkylation sites (tertiary alicyclic amines) is 1. The van der Waals surface area contributed by atoms with E-state index in [-0.39, 0.29) is 0 Å². The highest BCUT2D eigenvalue weighted by molar-refractivity contribution is 4.89. The summed E-state index contributed by atoms with van der Waals surface area (Å²) in [5, 5.41) is 3.90. The fourth-order valence-corrected chi connectivity index (χ4v) is 3.03. The maximum atomic E-state index is 3.90. The Kier molecular flexibility index (Phi) is 4.66. The zero-order valence-corrected chi connectivity index (χ0v) is 11.0. The van der Waals surface area contributed by atoms with Crippen molar-refractivity contribution in [1.82, 2.24) is 10.2 Å². The molecule has 2 aliphatic rings. The number of rotatable bonds is 6. The van der Waals surface area contributed by atoms with Crippen LogP contribution >= 0.6 is 0 Å². The molecule has 2 rings (SSSR count). The molecule has 1 aliphatic heterocycles. The fraction of sp³-hybridized carbons (Fsp3) is 1.00. The van der Waals surface area contributed by atoms with E-state index in [0.29, 0.717) is 0 Å². The van der Waals surface area contributed by atoms with E-state index in [2.05, 4.69) is 24.1 Å². The minimum Gasteiger partial charge on any atom is -0.311 e. The van der Waals surface area contributed by atoms with Gasteiger partial charge in [-0.25, -0.2) is 0 Å². The first-order chi connectivity index (χ1) is 7.83. The lowest BCUT2D eigenvalue weighted by Gasteiger charge is -2.34. The first-order valence-electron chi connectivity index (χ1n) is 7.31. The Bertz CT molecular complexity index is 193. The van der Waals surface area contributed by atoms with Crippen molar-refractivity contribution in [2.75, 3.05) is 19.6 Å². The summed E-state index contributed by atoms with van der Waals surface area (Å²) >= 11 is 0. The molecule has 94 valence electrons. The van der Waals surface area contributed by atoms with Crippen molar-refractivity contribution in [2.24, 2.45) is 5.92 Å². The van der Waals surface area contributed by atoms with Gasteiger partial charge in [0.2, 0.25) is 0 Å². The maximum absolute atomic E-state index is 3.90. The molecule has 0 aromatic carbocycles. The average Bonchev–Trinajstić information content (AvgIpc) is 3.12. The molecule has 0 aromatic rings. The van der Waals surface area contributed by atoms with Crippen molar-refractivity contribution in [2.45, 2.75) is 64.5 Å². The van der Waals surface area contributed by atoms with Gasteiger partial charge in [0.05, 0.1) is 0 Å². The van der Waals surface area contributed by atoms with E-state index < -0.39 is 0 Å². The van der Waals surface area contributed by atoms with E-state index in [0.717, 1.165) is 18.0 Å². The molecule has 2 nitrogen and oxygen atoms in total. The summed E-state index contributed by atoms with van der Waals surface area (Å²) < 4.78 is 0. The molecule has 0 bridgehead atoms. The molecule has 0 aromatic heterocycles. The Morgan fingerprint density at radius 2 is 1.81 bits per heavy atom. The van der Waals surface area contributed by atoms with E-state index >= 15 is 0 Å². The standard InChI is InChI=1S/C14H28N2/c1-3-9-16-10-7-13(8-11-16)15-14(4-2)12-5-6-12/h12-15H,3-11H2,1-2H3. The summed E-state index contributed by atoms with van der Waals surface area (Å²) in [6.45, 7) is 8.54. The SMILES string of the molecule is CCCN1CCC(NC(CC)C2CC2)CC1. The van der Waals surface area contributed by atoms with Crippen LogP contribution in [-0.2, 0) is 0 Å². The van der Waals surface area contributed by atoms with Crippen molar-refractivity contribution in [3.63, 3.8) is 0 Å². The highest BCUT2D eigenvalue weighted by Crippen LogP contribution is 2.34. The molecule has 1 saturated heterocycles. The molecule has 1 saturated carbocycles. The predicted molar refractivity (Wildman–Crippen MR) is 69.7 cm³/mol. The van der Waals surface area contributed by atoms with Gasteiger partial charge in [-0.15, -0.1) is 0 Å². The average molecular weight is 224 g/mol. The first kappa shape index (κ1) is 12.4. The van der Waals surface area contributed by atoms with Gasteiger partial charge in [0, 0.05) is 12.1 Å². The zero-order valence-electron chi connectivity index (χ0n) is 11.0. The molecule has 1 heterocycles. The molecule has 2 heteroatoms. The lowest BCUT2D eigenvalue weighted by atomic mass is 10.0. The van der Waals surface area contributed by atoms with Crippen LogP contribution in [0.25, 0.3) is 0 Å². The Morgan fingerprint density at radius 1 is 1.12 bits per heavy atom. The normalized spacial score (nSPS) is 25.9. The van der Waals surface area contributed by atoms with Crippen LogP contribution in [0.15, 0.2) is 0 Å². The molecule has 16 heavy (non-hydrogen) atoms. The quantitative estimate of drug-likeness (QED) is 0.746. The number of piperidine rings is 1. The third-order valence-corrected chi connectivity index (χ3v) is 4.21. The number of hydrogen-bond acceptors (Lipinski definition) is 2. The van der Waals surface area contributed by atoms with Crippen LogP contribution in [0.1, 0.15) is 52.4 Å². The number of hydrogen-bond donors (Lipinski definition) is 1. The predicted octanol–water partition coefficient (Wildman–Crippen LogP) is 2.64. The topological polar surface area (TPSA) is 15.3 Å². The number of nitrogens with zero attached hydrogens (tertiary/aromatic N) is 1. The lowest BCUT2D eigenvalue weighted by Crippen LogP contribution is -2.46. The highest BCUT2D eigenvalue weighted by atomic mass is 15.1. The van der Waals surface area contributed by atoms with E-state index in [4.69, 9.17) is 0 Å². The van der Waals surface area contributed by atoms with Crippen LogP contribution in [0, 0.1) is 5.92 Å². The monoisotopic (exact) mass is 224 g/mol. The summed E-state index contributed by atoms with van der Waals surface area (Å²) in [4.78, 5) is 2.62. The van der Waals surface area contributed by atoms with E-state index in [9.17, 15) is 0 Å². The summed E-state index contributed by atoms with van der Waals surface area (Å²) in [6.07, 6.45) is 8.30. The van der Waals surface area contributed by atoms with E-state index in [1.165, 1.54) is 58.2 Å². The van der Waals surface area contributed by atoms with Crippen LogP contribution in [-0.4, -0.2) is 36.6 Å². The molecule has 1 N–H and O–H groups in total. The van der Waals surface area contributed by atoms with Gasteiger partial charge >= 0.3 is 0 Å². The number of nitrogens with one attached hydrogen (secondary N) is 1. The third-order valence-electron chi connectivity index (χ3n) is 4.21. The summed E-state index contributed by atoms with van der Waals surface area (Å²) in [5.41, 5.74) is 0. The van der Waals surface area contributed by atoms with Crippen molar-refractivity contribution >= 4 is 0 Å². The van der Waals surface area contributed by atoms with Crippen molar-refractivity contribution < 1.29 is 0 Å². The summed E-state index contributed by atoms with van der Waals surface area (Å²) in [5.74, 6) is 1.01. The van der Waals surface area contributed by atoms with Crippen molar-refractivity contribution in [3.8, 4) is 0 Å². The van der Waals surface area contributed by atoms with Gasteiger partial charge in [-0.05, 0) is 64.1 Å². The second-order valence-electron chi connectivity index (χ2n) is 5.63.